The molecule has 0 aliphatic rings. The molecule has 112 valence electrons. The fraction of sp³-hybridized carbons (Fsp3) is 0.615. The molecule has 1 amide bonds. The topological polar surface area (TPSA) is 77.2 Å². The van der Waals surface area contributed by atoms with Crippen LogP contribution in [0.25, 0.3) is 0 Å². The third-order valence-electron chi connectivity index (χ3n) is 2.38. The van der Waals surface area contributed by atoms with E-state index in [1.807, 2.05) is 34.6 Å². The van der Waals surface area contributed by atoms with Crippen molar-refractivity contribution < 1.29 is 9.53 Å². The van der Waals surface area contributed by atoms with Crippen molar-refractivity contribution in [2.24, 2.45) is 11.7 Å². The first-order chi connectivity index (χ1) is 9.10. The molecule has 0 aliphatic carbocycles. The lowest BCUT2D eigenvalue weighted by Gasteiger charge is -2.24. The van der Waals surface area contributed by atoms with Crippen LogP contribution in [0.2, 0.25) is 0 Å². The molecular weight excluding hydrogens is 294 g/mol. The Bertz CT molecular complexity index is 492. The van der Waals surface area contributed by atoms with Gasteiger partial charge in [0.1, 0.15) is 21.3 Å². The number of amides is 1. The summed E-state index contributed by atoms with van der Waals surface area (Å²) >= 11 is 6.32. The van der Waals surface area contributed by atoms with E-state index in [4.69, 9.17) is 22.7 Å². The highest BCUT2D eigenvalue weighted by Gasteiger charge is 2.25. The summed E-state index contributed by atoms with van der Waals surface area (Å²) in [6.45, 7) is 9.48. The summed E-state index contributed by atoms with van der Waals surface area (Å²) in [5, 5.41) is 5.41. The van der Waals surface area contributed by atoms with Crippen molar-refractivity contribution in [3.05, 3.63) is 16.1 Å². The van der Waals surface area contributed by atoms with Crippen LogP contribution in [0.1, 0.15) is 51.4 Å². The lowest BCUT2D eigenvalue weighted by atomic mass is 10.1. The fourth-order valence-electron chi connectivity index (χ4n) is 1.49. The molecule has 1 aromatic heterocycles. The maximum atomic E-state index is 11.9. The molecule has 0 radical (unpaired) electrons. The number of hydrogen-bond acceptors (Lipinski definition) is 5. The number of carbonyl (C=O) groups excluding carboxylic acids is 1. The normalized spacial score (nSPS) is 13.1. The Morgan fingerprint density at radius 3 is 2.50 bits per heavy atom. The second-order valence-corrected chi connectivity index (χ2v) is 7.13. The number of thiocarbonyl (C=S) groups is 1. The maximum Gasteiger partial charge on any atom is 0.408 e. The van der Waals surface area contributed by atoms with E-state index in [-0.39, 0.29) is 16.9 Å². The van der Waals surface area contributed by atoms with Gasteiger partial charge in [-0.15, -0.1) is 11.3 Å². The van der Waals surface area contributed by atoms with Gasteiger partial charge in [-0.25, -0.2) is 9.78 Å². The maximum absolute atomic E-state index is 11.9. The van der Waals surface area contributed by atoms with E-state index in [0.29, 0.717) is 5.69 Å². The van der Waals surface area contributed by atoms with Crippen LogP contribution in [0.15, 0.2) is 5.38 Å². The minimum atomic E-state index is -0.529. The molecule has 1 rings (SSSR count). The first-order valence-electron chi connectivity index (χ1n) is 6.35. The molecule has 1 heterocycles. The average Bonchev–Trinajstić information content (AvgIpc) is 2.71. The van der Waals surface area contributed by atoms with E-state index in [1.165, 1.54) is 11.3 Å². The van der Waals surface area contributed by atoms with Gasteiger partial charge >= 0.3 is 6.09 Å². The molecule has 0 fully saturated rings. The molecule has 1 atom stereocenters. The molecule has 5 nitrogen and oxygen atoms in total. The Kier molecular flexibility index (Phi) is 5.47. The minimum Gasteiger partial charge on any atom is -0.444 e. The van der Waals surface area contributed by atoms with Gasteiger partial charge in [-0.1, -0.05) is 26.1 Å². The number of alkyl carbamates (subject to hydrolysis) is 1. The van der Waals surface area contributed by atoms with E-state index in [9.17, 15) is 4.79 Å². The number of aromatic nitrogens is 1. The predicted molar refractivity (Wildman–Crippen MR) is 85.0 cm³/mol. The number of nitrogens with two attached hydrogens (primary N) is 1. The molecular formula is C13H21N3O2S2. The molecule has 0 aromatic carbocycles. The lowest BCUT2D eigenvalue weighted by molar-refractivity contribution is 0.0489. The number of rotatable bonds is 4. The zero-order valence-corrected chi connectivity index (χ0v) is 14.0. The smallest absolute Gasteiger partial charge is 0.408 e. The van der Waals surface area contributed by atoms with Gasteiger partial charge in [-0.3, -0.25) is 0 Å². The van der Waals surface area contributed by atoms with Crippen molar-refractivity contribution in [3.63, 3.8) is 0 Å². The zero-order valence-electron chi connectivity index (χ0n) is 12.4. The van der Waals surface area contributed by atoms with Crippen molar-refractivity contribution in [1.29, 1.82) is 0 Å². The number of hydrogen-bond donors (Lipinski definition) is 2. The standard InChI is InChI=1S/C13H21N3O2S2/c1-7(2)9(16-12(17)18-13(3,4)5)11-15-8(6-20-11)10(14)19/h6-7,9H,1-5H3,(H2,14,19)(H,16,17)/t9-/m0/s1. The summed E-state index contributed by atoms with van der Waals surface area (Å²) in [5.74, 6) is 0.174. The number of ether oxygens (including phenoxy) is 1. The summed E-state index contributed by atoms with van der Waals surface area (Å²) in [7, 11) is 0. The highest BCUT2D eigenvalue weighted by Crippen LogP contribution is 2.25. The average molecular weight is 315 g/mol. The van der Waals surface area contributed by atoms with Crippen LogP contribution in [0.3, 0.4) is 0 Å². The Hall–Kier alpha value is -1.21. The third kappa shape index (κ3) is 5.05. The summed E-state index contributed by atoms with van der Waals surface area (Å²) in [6.07, 6.45) is -0.455. The van der Waals surface area contributed by atoms with E-state index in [2.05, 4.69) is 10.3 Å². The number of thiazole rings is 1. The Balaban J connectivity index is 2.84. The van der Waals surface area contributed by atoms with Crippen LogP contribution in [0.4, 0.5) is 4.79 Å². The van der Waals surface area contributed by atoms with Gasteiger partial charge in [0.15, 0.2) is 0 Å². The van der Waals surface area contributed by atoms with Crippen LogP contribution < -0.4 is 11.1 Å². The van der Waals surface area contributed by atoms with Crippen molar-refractivity contribution in [3.8, 4) is 0 Å². The minimum absolute atomic E-state index is 0.174. The quantitative estimate of drug-likeness (QED) is 0.835. The molecule has 0 aliphatic heterocycles. The number of nitrogens with zero attached hydrogens (tertiary/aromatic N) is 1. The molecule has 3 N–H and O–H groups in total. The van der Waals surface area contributed by atoms with Crippen LogP contribution in [-0.4, -0.2) is 21.7 Å². The second kappa shape index (κ2) is 6.49. The largest absolute Gasteiger partial charge is 0.444 e. The fourth-order valence-corrected chi connectivity index (χ4v) is 2.71. The highest BCUT2D eigenvalue weighted by atomic mass is 32.1. The van der Waals surface area contributed by atoms with E-state index < -0.39 is 11.7 Å². The Morgan fingerprint density at radius 2 is 2.10 bits per heavy atom. The third-order valence-corrected chi connectivity index (χ3v) is 3.52. The number of carbonyl (C=O) groups is 1. The van der Waals surface area contributed by atoms with Gasteiger partial charge in [0.25, 0.3) is 0 Å². The molecule has 7 heteroatoms. The van der Waals surface area contributed by atoms with Gasteiger partial charge in [0, 0.05) is 5.38 Å². The molecule has 0 unspecified atom stereocenters. The molecule has 20 heavy (non-hydrogen) atoms. The number of nitrogens with one attached hydrogen (secondary N) is 1. The predicted octanol–water partition coefficient (Wildman–Crippen LogP) is 3.00. The molecule has 0 spiro atoms. The lowest BCUT2D eigenvalue weighted by Crippen LogP contribution is -2.36. The van der Waals surface area contributed by atoms with Crippen molar-refractivity contribution in [2.75, 3.05) is 0 Å². The highest BCUT2D eigenvalue weighted by molar-refractivity contribution is 7.80. The Morgan fingerprint density at radius 1 is 1.50 bits per heavy atom. The summed E-state index contributed by atoms with van der Waals surface area (Å²) in [4.78, 5) is 16.5. The van der Waals surface area contributed by atoms with E-state index in [1.54, 1.807) is 5.38 Å². The van der Waals surface area contributed by atoms with Crippen molar-refractivity contribution in [1.82, 2.24) is 10.3 Å². The van der Waals surface area contributed by atoms with Crippen molar-refractivity contribution >= 4 is 34.6 Å². The van der Waals surface area contributed by atoms with Gasteiger partial charge in [-0.2, -0.15) is 0 Å². The zero-order chi connectivity index (χ0) is 15.5. The van der Waals surface area contributed by atoms with Gasteiger partial charge in [-0.05, 0) is 26.7 Å². The summed E-state index contributed by atoms with van der Waals surface area (Å²) in [5.41, 5.74) is 5.60. The molecule has 0 saturated heterocycles. The molecule has 0 saturated carbocycles. The van der Waals surface area contributed by atoms with Crippen LogP contribution in [0, 0.1) is 5.92 Å². The van der Waals surface area contributed by atoms with Gasteiger partial charge < -0.3 is 15.8 Å². The molecule has 1 aromatic rings. The monoisotopic (exact) mass is 315 g/mol. The Labute approximate surface area is 128 Å². The van der Waals surface area contributed by atoms with Gasteiger partial charge in [0.05, 0.1) is 6.04 Å². The second-order valence-electron chi connectivity index (χ2n) is 5.80. The summed E-state index contributed by atoms with van der Waals surface area (Å²) < 4.78 is 5.27. The summed E-state index contributed by atoms with van der Waals surface area (Å²) in [6, 6.07) is -0.224. The first kappa shape index (κ1) is 16.8. The van der Waals surface area contributed by atoms with Crippen LogP contribution >= 0.6 is 23.6 Å². The van der Waals surface area contributed by atoms with Crippen LogP contribution in [0.5, 0.6) is 0 Å². The molecule has 0 bridgehead atoms. The van der Waals surface area contributed by atoms with E-state index >= 15 is 0 Å². The van der Waals surface area contributed by atoms with Gasteiger partial charge in [0.2, 0.25) is 0 Å². The van der Waals surface area contributed by atoms with Crippen LogP contribution in [-0.2, 0) is 4.74 Å². The van der Waals surface area contributed by atoms with E-state index in [0.717, 1.165) is 5.01 Å². The van der Waals surface area contributed by atoms with Crippen molar-refractivity contribution in [2.45, 2.75) is 46.3 Å². The SMILES string of the molecule is CC(C)[C@H](NC(=O)OC(C)(C)C)c1nc(C(N)=S)cs1. The first-order valence-corrected chi connectivity index (χ1v) is 7.63.